The number of nitrogens with zero attached hydrogens (tertiary/aromatic N) is 2. The fraction of sp³-hybridized carbons (Fsp3) is 0.154. The molecule has 1 aromatic heterocycles. The maximum atomic E-state index is 8.88. The number of nitriles is 1. The van der Waals surface area contributed by atoms with E-state index in [1.807, 2.05) is 42.1 Å². The third-order valence-electron chi connectivity index (χ3n) is 2.59. The van der Waals surface area contributed by atoms with Crippen molar-refractivity contribution in [2.45, 2.75) is 6.54 Å². The number of nitrogens with one attached hydrogen (secondary N) is 1. The molecule has 0 spiro atoms. The minimum Gasteiger partial charge on any atom is -0.380 e. The molecule has 0 fully saturated rings. The summed E-state index contributed by atoms with van der Waals surface area (Å²) in [5.74, 6) is 0. The molecule has 2 rings (SSSR count). The molecule has 92 valence electrons. The number of hydrogen-bond donors (Lipinski definition) is 1. The van der Waals surface area contributed by atoms with Crippen LogP contribution in [-0.4, -0.2) is 4.57 Å². The van der Waals surface area contributed by atoms with Gasteiger partial charge in [-0.15, -0.1) is 0 Å². The van der Waals surface area contributed by atoms with Crippen LogP contribution in [0.15, 0.2) is 34.9 Å². The van der Waals surface area contributed by atoms with E-state index in [0.717, 1.165) is 15.7 Å². The highest BCUT2D eigenvalue weighted by molar-refractivity contribution is 9.10. The lowest BCUT2D eigenvalue weighted by molar-refractivity contribution is 0.902. The second-order valence-corrected chi connectivity index (χ2v) is 5.22. The van der Waals surface area contributed by atoms with Crippen LogP contribution in [-0.2, 0) is 13.6 Å². The number of rotatable bonds is 3. The van der Waals surface area contributed by atoms with Crippen molar-refractivity contribution >= 4 is 33.2 Å². The van der Waals surface area contributed by atoms with Crippen LogP contribution in [0.5, 0.6) is 0 Å². The molecule has 1 aromatic carbocycles. The van der Waals surface area contributed by atoms with Crippen LogP contribution in [0, 0.1) is 11.3 Å². The van der Waals surface area contributed by atoms with E-state index in [4.69, 9.17) is 16.9 Å². The molecule has 1 N–H and O–H groups in total. The highest BCUT2D eigenvalue weighted by Gasteiger charge is 2.04. The standard InChI is InChI=1S/C13H11BrClN3/c1-18-8-9(4-11(18)6-16)7-17-13-3-2-10(15)5-12(13)14/h2-5,8,17H,7H2,1H3. The third-order valence-corrected chi connectivity index (χ3v) is 3.48. The summed E-state index contributed by atoms with van der Waals surface area (Å²) in [7, 11) is 1.86. The van der Waals surface area contributed by atoms with Crippen molar-refractivity contribution in [1.29, 1.82) is 5.26 Å². The Morgan fingerprint density at radius 3 is 2.83 bits per heavy atom. The van der Waals surface area contributed by atoms with Gasteiger partial charge >= 0.3 is 0 Å². The summed E-state index contributed by atoms with van der Waals surface area (Å²) in [6.07, 6.45) is 1.94. The highest BCUT2D eigenvalue weighted by Crippen LogP contribution is 2.26. The molecule has 0 aliphatic heterocycles. The van der Waals surface area contributed by atoms with Crippen molar-refractivity contribution in [3.63, 3.8) is 0 Å². The number of anilines is 1. The molecule has 0 atom stereocenters. The molecule has 0 saturated carbocycles. The number of benzene rings is 1. The van der Waals surface area contributed by atoms with Crippen molar-refractivity contribution < 1.29 is 0 Å². The normalized spacial score (nSPS) is 10.1. The van der Waals surface area contributed by atoms with Gasteiger partial charge in [-0.2, -0.15) is 5.26 Å². The van der Waals surface area contributed by atoms with E-state index in [0.29, 0.717) is 17.3 Å². The third kappa shape index (κ3) is 2.87. The molecule has 0 aliphatic carbocycles. The van der Waals surface area contributed by atoms with Gasteiger partial charge in [0.25, 0.3) is 0 Å². The molecule has 1 heterocycles. The lowest BCUT2D eigenvalue weighted by Crippen LogP contribution is -1.98. The predicted molar refractivity (Wildman–Crippen MR) is 76.6 cm³/mol. The van der Waals surface area contributed by atoms with Gasteiger partial charge in [0.15, 0.2) is 0 Å². The van der Waals surface area contributed by atoms with Crippen LogP contribution in [0.1, 0.15) is 11.3 Å². The van der Waals surface area contributed by atoms with Gasteiger partial charge in [0.05, 0.1) is 0 Å². The molecule has 3 nitrogen and oxygen atoms in total. The van der Waals surface area contributed by atoms with Crippen molar-refractivity contribution in [3.8, 4) is 6.07 Å². The molecule has 0 amide bonds. The molecule has 2 aromatic rings. The Bertz CT molecular complexity index is 613. The summed E-state index contributed by atoms with van der Waals surface area (Å²) in [6.45, 7) is 0.662. The number of aryl methyl sites for hydroxylation is 1. The van der Waals surface area contributed by atoms with Crippen molar-refractivity contribution in [1.82, 2.24) is 4.57 Å². The van der Waals surface area contributed by atoms with Gasteiger partial charge in [0.2, 0.25) is 0 Å². The fourth-order valence-electron chi connectivity index (χ4n) is 1.67. The quantitative estimate of drug-likeness (QED) is 0.929. The van der Waals surface area contributed by atoms with Crippen LogP contribution in [0.25, 0.3) is 0 Å². The molecule has 0 saturated heterocycles. The summed E-state index contributed by atoms with van der Waals surface area (Å²) in [4.78, 5) is 0. The van der Waals surface area contributed by atoms with Crippen LogP contribution < -0.4 is 5.32 Å². The monoisotopic (exact) mass is 323 g/mol. The first-order valence-electron chi connectivity index (χ1n) is 5.34. The minimum atomic E-state index is 0.655. The van der Waals surface area contributed by atoms with Crippen LogP contribution in [0.3, 0.4) is 0 Å². The zero-order valence-corrected chi connectivity index (χ0v) is 12.1. The van der Waals surface area contributed by atoms with Gasteiger partial charge in [-0.05, 0) is 45.8 Å². The van der Waals surface area contributed by atoms with Crippen molar-refractivity contribution in [3.05, 3.63) is 51.2 Å². The lowest BCUT2D eigenvalue weighted by Gasteiger charge is -2.07. The Balaban J connectivity index is 2.09. The first-order chi connectivity index (χ1) is 8.60. The Morgan fingerprint density at radius 2 is 2.22 bits per heavy atom. The molecule has 18 heavy (non-hydrogen) atoms. The minimum absolute atomic E-state index is 0.655. The Hall–Kier alpha value is -1.44. The Kier molecular flexibility index (Phi) is 3.95. The topological polar surface area (TPSA) is 40.8 Å². The first kappa shape index (κ1) is 13.0. The van der Waals surface area contributed by atoms with Gasteiger partial charge in [-0.25, -0.2) is 0 Å². The largest absolute Gasteiger partial charge is 0.380 e. The average Bonchev–Trinajstić information content (AvgIpc) is 2.69. The van der Waals surface area contributed by atoms with Crippen LogP contribution >= 0.6 is 27.5 Å². The predicted octanol–water partition coefficient (Wildman–Crippen LogP) is 3.92. The summed E-state index contributed by atoms with van der Waals surface area (Å²) in [5.41, 5.74) is 2.69. The Labute approximate surface area is 119 Å². The van der Waals surface area contributed by atoms with Gasteiger partial charge in [0, 0.05) is 35.0 Å². The van der Waals surface area contributed by atoms with Gasteiger partial charge in [-0.1, -0.05) is 11.6 Å². The summed E-state index contributed by atoms with van der Waals surface area (Å²) >= 11 is 9.33. The van der Waals surface area contributed by atoms with Gasteiger partial charge in [-0.3, -0.25) is 0 Å². The first-order valence-corrected chi connectivity index (χ1v) is 6.51. The van der Waals surface area contributed by atoms with Gasteiger partial charge < -0.3 is 9.88 Å². The maximum absolute atomic E-state index is 8.88. The fourth-order valence-corrected chi connectivity index (χ4v) is 2.49. The van der Waals surface area contributed by atoms with Crippen LogP contribution in [0.2, 0.25) is 5.02 Å². The van der Waals surface area contributed by atoms with E-state index in [1.165, 1.54) is 0 Å². The van der Waals surface area contributed by atoms with Crippen LogP contribution in [0.4, 0.5) is 5.69 Å². The van der Waals surface area contributed by atoms with E-state index in [-0.39, 0.29) is 0 Å². The van der Waals surface area contributed by atoms with E-state index in [2.05, 4.69) is 27.3 Å². The summed E-state index contributed by atoms with van der Waals surface area (Å²) in [6, 6.07) is 9.61. The zero-order chi connectivity index (χ0) is 13.1. The highest BCUT2D eigenvalue weighted by atomic mass is 79.9. The molecule has 0 bridgehead atoms. The lowest BCUT2D eigenvalue weighted by atomic mass is 10.3. The Morgan fingerprint density at radius 1 is 1.44 bits per heavy atom. The average molecular weight is 325 g/mol. The number of halogens is 2. The second kappa shape index (κ2) is 5.47. The molecule has 0 radical (unpaired) electrons. The number of aromatic nitrogens is 1. The molecule has 5 heteroatoms. The van der Waals surface area contributed by atoms with E-state index in [9.17, 15) is 0 Å². The molecule has 0 aliphatic rings. The zero-order valence-electron chi connectivity index (χ0n) is 9.74. The number of hydrogen-bond acceptors (Lipinski definition) is 2. The van der Waals surface area contributed by atoms with Crippen molar-refractivity contribution in [2.24, 2.45) is 7.05 Å². The maximum Gasteiger partial charge on any atom is 0.120 e. The second-order valence-electron chi connectivity index (χ2n) is 3.93. The summed E-state index contributed by atoms with van der Waals surface area (Å²) in [5, 5.41) is 12.9. The molecular formula is C13H11BrClN3. The van der Waals surface area contributed by atoms with E-state index in [1.54, 1.807) is 0 Å². The molecular weight excluding hydrogens is 314 g/mol. The SMILES string of the molecule is Cn1cc(CNc2ccc(Cl)cc2Br)cc1C#N. The summed E-state index contributed by atoms with van der Waals surface area (Å²) < 4.78 is 2.74. The molecule has 0 unspecified atom stereocenters. The van der Waals surface area contributed by atoms with Gasteiger partial charge in [0.1, 0.15) is 11.8 Å². The van der Waals surface area contributed by atoms with E-state index >= 15 is 0 Å². The van der Waals surface area contributed by atoms with Crippen molar-refractivity contribution in [2.75, 3.05) is 5.32 Å². The smallest absolute Gasteiger partial charge is 0.120 e. The van der Waals surface area contributed by atoms with E-state index < -0.39 is 0 Å².